The first-order valence-electron chi connectivity index (χ1n) is 7.50. The molecule has 0 atom stereocenters. The Balaban J connectivity index is 1.68. The van der Waals surface area contributed by atoms with Gasteiger partial charge < -0.3 is 15.0 Å². The number of hydrogen-bond acceptors (Lipinski definition) is 5. The minimum absolute atomic E-state index is 0.118. The van der Waals surface area contributed by atoms with Gasteiger partial charge in [-0.05, 0) is 0 Å². The van der Waals surface area contributed by atoms with Crippen molar-refractivity contribution < 1.29 is 23.5 Å². The molecule has 0 bridgehead atoms. The Bertz CT molecular complexity index is 755. The molecule has 1 aromatic carbocycles. The summed E-state index contributed by atoms with van der Waals surface area (Å²) in [4.78, 5) is 26.1. The highest BCUT2D eigenvalue weighted by molar-refractivity contribution is 8.76. The summed E-state index contributed by atoms with van der Waals surface area (Å²) >= 11 is 0. The molecule has 0 unspecified atom stereocenters. The SMILES string of the molecule is O=C(O)CCSSCCNC(=O)CCn1cnc2cc(F)c(F)cc21. The van der Waals surface area contributed by atoms with Crippen molar-refractivity contribution in [2.75, 3.05) is 18.1 Å². The van der Waals surface area contributed by atoms with Crippen LogP contribution >= 0.6 is 21.6 Å². The fraction of sp³-hybridized carbons (Fsp3) is 0.400. The molecule has 136 valence electrons. The maximum atomic E-state index is 13.3. The summed E-state index contributed by atoms with van der Waals surface area (Å²) < 4.78 is 28.1. The molecule has 0 saturated heterocycles. The van der Waals surface area contributed by atoms with Gasteiger partial charge in [-0.3, -0.25) is 9.59 Å². The van der Waals surface area contributed by atoms with E-state index in [2.05, 4.69) is 10.3 Å². The summed E-state index contributed by atoms with van der Waals surface area (Å²) in [6, 6.07) is 2.10. The molecular formula is C15H17F2N3O3S2. The Morgan fingerprint density at radius 1 is 1.16 bits per heavy atom. The van der Waals surface area contributed by atoms with E-state index in [1.807, 2.05) is 0 Å². The van der Waals surface area contributed by atoms with E-state index in [4.69, 9.17) is 5.11 Å². The number of carbonyl (C=O) groups excluding carboxylic acids is 1. The lowest BCUT2D eigenvalue weighted by Crippen LogP contribution is -2.26. The summed E-state index contributed by atoms with van der Waals surface area (Å²) in [5, 5.41) is 11.3. The van der Waals surface area contributed by atoms with Crippen LogP contribution in [-0.2, 0) is 16.1 Å². The van der Waals surface area contributed by atoms with Crippen molar-refractivity contribution in [1.29, 1.82) is 0 Å². The number of imidazole rings is 1. The number of carboxylic acids is 1. The van der Waals surface area contributed by atoms with E-state index in [-0.39, 0.29) is 18.7 Å². The van der Waals surface area contributed by atoms with Crippen LogP contribution in [0.4, 0.5) is 8.78 Å². The van der Waals surface area contributed by atoms with E-state index in [0.29, 0.717) is 35.6 Å². The molecule has 1 heterocycles. The van der Waals surface area contributed by atoms with Crippen LogP contribution in [0.5, 0.6) is 0 Å². The third-order valence-electron chi connectivity index (χ3n) is 3.23. The van der Waals surface area contributed by atoms with Crippen LogP contribution in [0.25, 0.3) is 11.0 Å². The smallest absolute Gasteiger partial charge is 0.304 e. The zero-order valence-electron chi connectivity index (χ0n) is 13.2. The molecule has 6 nitrogen and oxygen atoms in total. The molecule has 2 rings (SSSR count). The summed E-state index contributed by atoms with van der Waals surface area (Å²) in [6.45, 7) is 0.794. The average Bonchev–Trinajstić information content (AvgIpc) is 2.94. The number of aryl methyl sites for hydroxylation is 1. The molecule has 0 spiro atoms. The largest absolute Gasteiger partial charge is 0.481 e. The number of nitrogens with one attached hydrogen (secondary N) is 1. The highest BCUT2D eigenvalue weighted by Gasteiger charge is 2.10. The second-order valence-corrected chi connectivity index (χ2v) is 7.78. The highest BCUT2D eigenvalue weighted by Crippen LogP contribution is 2.21. The molecule has 0 aliphatic rings. The van der Waals surface area contributed by atoms with Gasteiger partial charge in [0.05, 0.1) is 23.8 Å². The van der Waals surface area contributed by atoms with Gasteiger partial charge in [0.2, 0.25) is 5.91 Å². The third-order valence-corrected chi connectivity index (χ3v) is 5.64. The Kier molecular flexibility index (Phi) is 7.51. The standard InChI is InChI=1S/C15H17F2N3O3S2/c16-10-7-12-13(8-11(10)17)20(9-19-12)4-1-14(21)18-3-6-25-24-5-2-15(22)23/h7-9H,1-6H2,(H,18,21)(H,22,23). The second kappa shape index (κ2) is 9.62. The molecule has 0 fully saturated rings. The van der Waals surface area contributed by atoms with E-state index in [0.717, 1.165) is 12.1 Å². The maximum Gasteiger partial charge on any atom is 0.304 e. The van der Waals surface area contributed by atoms with Crippen molar-refractivity contribution >= 4 is 44.5 Å². The third kappa shape index (κ3) is 6.20. The molecule has 2 aromatic rings. The number of carboxylic acid groups (broad SMARTS) is 1. The Hall–Kier alpha value is -1.81. The van der Waals surface area contributed by atoms with Crippen LogP contribution in [-0.4, -0.2) is 44.6 Å². The number of fused-ring (bicyclic) bond motifs is 1. The fourth-order valence-electron chi connectivity index (χ4n) is 2.02. The minimum Gasteiger partial charge on any atom is -0.481 e. The number of nitrogens with zero attached hydrogens (tertiary/aromatic N) is 2. The first kappa shape index (κ1) is 19.5. The van der Waals surface area contributed by atoms with Crippen LogP contribution in [0.15, 0.2) is 18.5 Å². The van der Waals surface area contributed by atoms with Crippen LogP contribution in [0.2, 0.25) is 0 Å². The molecule has 25 heavy (non-hydrogen) atoms. The highest BCUT2D eigenvalue weighted by atomic mass is 33.1. The average molecular weight is 389 g/mol. The van der Waals surface area contributed by atoms with Gasteiger partial charge >= 0.3 is 5.97 Å². The molecule has 1 amide bonds. The van der Waals surface area contributed by atoms with Crippen molar-refractivity contribution in [2.45, 2.75) is 19.4 Å². The number of carbonyl (C=O) groups is 2. The number of hydrogen-bond donors (Lipinski definition) is 2. The van der Waals surface area contributed by atoms with Crippen LogP contribution in [0.3, 0.4) is 0 Å². The maximum absolute atomic E-state index is 13.3. The number of aromatic nitrogens is 2. The first-order chi connectivity index (χ1) is 12.0. The minimum atomic E-state index is -0.950. The van der Waals surface area contributed by atoms with Gasteiger partial charge in [-0.2, -0.15) is 0 Å². The lowest BCUT2D eigenvalue weighted by Gasteiger charge is -2.06. The zero-order valence-corrected chi connectivity index (χ0v) is 14.8. The topological polar surface area (TPSA) is 84.2 Å². The lowest BCUT2D eigenvalue weighted by atomic mass is 10.3. The van der Waals surface area contributed by atoms with Crippen molar-refractivity contribution in [3.8, 4) is 0 Å². The normalized spacial score (nSPS) is 11.0. The van der Waals surface area contributed by atoms with E-state index >= 15 is 0 Å². The van der Waals surface area contributed by atoms with Gasteiger partial charge in [-0.1, -0.05) is 21.6 Å². The van der Waals surface area contributed by atoms with E-state index in [9.17, 15) is 18.4 Å². The predicted octanol–water partition coefficient (Wildman–Crippen LogP) is 2.68. The molecule has 0 saturated carbocycles. The number of benzene rings is 1. The van der Waals surface area contributed by atoms with Crippen LogP contribution in [0, 0.1) is 11.6 Å². The van der Waals surface area contributed by atoms with Gasteiger partial charge in [0.25, 0.3) is 0 Å². The molecule has 2 N–H and O–H groups in total. The molecular weight excluding hydrogens is 372 g/mol. The Labute approximate surface area is 150 Å². The van der Waals surface area contributed by atoms with Crippen molar-refractivity contribution in [1.82, 2.24) is 14.9 Å². The number of halogens is 2. The first-order valence-corrected chi connectivity index (χ1v) is 9.99. The number of amides is 1. The quantitative estimate of drug-likeness (QED) is 0.480. The van der Waals surface area contributed by atoms with Gasteiger partial charge in [-0.15, -0.1) is 0 Å². The molecule has 0 aliphatic carbocycles. The van der Waals surface area contributed by atoms with E-state index < -0.39 is 17.6 Å². The second-order valence-electron chi connectivity index (χ2n) is 5.08. The van der Waals surface area contributed by atoms with Crippen LogP contribution in [0.1, 0.15) is 12.8 Å². The Morgan fingerprint density at radius 3 is 2.64 bits per heavy atom. The predicted molar refractivity (Wildman–Crippen MR) is 94.4 cm³/mol. The summed E-state index contributed by atoms with van der Waals surface area (Å²) in [7, 11) is 2.96. The monoisotopic (exact) mass is 389 g/mol. The number of aliphatic carboxylic acids is 1. The summed E-state index contributed by atoms with van der Waals surface area (Å²) in [6.07, 6.45) is 1.76. The van der Waals surface area contributed by atoms with Crippen molar-refractivity contribution in [2.24, 2.45) is 0 Å². The summed E-state index contributed by atoms with van der Waals surface area (Å²) in [5.74, 6) is -1.67. The van der Waals surface area contributed by atoms with Crippen molar-refractivity contribution in [3.05, 3.63) is 30.1 Å². The number of rotatable bonds is 10. The van der Waals surface area contributed by atoms with E-state index in [1.165, 1.54) is 27.9 Å². The van der Waals surface area contributed by atoms with Crippen LogP contribution < -0.4 is 5.32 Å². The van der Waals surface area contributed by atoms with Gasteiger partial charge in [0.15, 0.2) is 11.6 Å². The van der Waals surface area contributed by atoms with E-state index in [1.54, 1.807) is 4.57 Å². The van der Waals surface area contributed by atoms with Crippen molar-refractivity contribution in [3.63, 3.8) is 0 Å². The Morgan fingerprint density at radius 2 is 1.88 bits per heavy atom. The lowest BCUT2D eigenvalue weighted by molar-refractivity contribution is -0.136. The molecule has 0 radical (unpaired) electrons. The summed E-state index contributed by atoms with van der Waals surface area (Å²) in [5.41, 5.74) is 0.783. The molecule has 1 aromatic heterocycles. The van der Waals surface area contributed by atoms with Gasteiger partial charge in [0, 0.05) is 43.1 Å². The molecule has 0 aliphatic heterocycles. The van der Waals surface area contributed by atoms with Gasteiger partial charge in [-0.25, -0.2) is 13.8 Å². The fourth-order valence-corrected chi connectivity index (χ4v) is 3.91. The zero-order chi connectivity index (χ0) is 18.2. The van der Waals surface area contributed by atoms with Gasteiger partial charge in [0.1, 0.15) is 0 Å². The molecule has 10 heteroatoms.